The van der Waals surface area contributed by atoms with E-state index in [2.05, 4.69) is 17.1 Å². The topological polar surface area (TPSA) is 32.3 Å². The molecule has 3 aliphatic rings. The second kappa shape index (κ2) is 6.05. The number of rotatable bonds is 3. The van der Waals surface area contributed by atoms with Gasteiger partial charge in [0.15, 0.2) is 0 Å². The predicted octanol–water partition coefficient (Wildman–Crippen LogP) is 2.95. The van der Waals surface area contributed by atoms with Gasteiger partial charge in [0, 0.05) is 19.1 Å². The van der Waals surface area contributed by atoms with E-state index < -0.39 is 0 Å². The molecule has 1 N–H and O–H groups in total. The largest absolute Gasteiger partial charge is 0.339 e. The minimum absolute atomic E-state index is 0.0840. The first kappa shape index (κ1) is 14.4. The van der Waals surface area contributed by atoms with E-state index in [0.717, 1.165) is 51.2 Å². The molecule has 3 heteroatoms. The van der Waals surface area contributed by atoms with E-state index in [1.807, 2.05) is 0 Å². The van der Waals surface area contributed by atoms with Crippen molar-refractivity contribution in [2.75, 3.05) is 19.6 Å². The summed E-state index contributed by atoms with van der Waals surface area (Å²) in [4.78, 5) is 15.6. The lowest BCUT2D eigenvalue weighted by Crippen LogP contribution is -2.53. The zero-order valence-electron chi connectivity index (χ0n) is 13.0. The third kappa shape index (κ3) is 2.49. The zero-order chi connectivity index (χ0) is 14.0. The van der Waals surface area contributed by atoms with Gasteiger partial charge < -0.3 is 10.2 Å². The number of carbonyl (C=O) groups excluding carboxylic acids is 1. The molecular weight excluding hydrogens is 248 g/mol. The summed E-state index contributed by atoms with van der Waals surface area (Å²) in [6.07, 6.45) is 11.0. The summed E-state index contributed by atoms with van der Waals surface area (Å²) >= 11 is 0. The lowest BCUT2D eigenvalue weighted by atomic mass is 9.75. The number of amides is 1. The Morgan fingerprint density at radius 1 is 1.25 bits per heavy atom. The van der Waals surface area contributed by atoms with Crippen LogP contribution in [-0.4, -0.2) is 36.5 Å². The van der Waals surface area contributed by atoms with Crippen molar-refractivity contribution in [1.82, 2.24) is 10.2 Å². The fourth-order valence-corrected chi connectivity index (χ4v) is 4.91. The Bertz CT molecular complexity index is 343. The van der Waals surface area contributed by atoms with Crippen LogP contribution in [0.2, 0.25) is 0 Å². The molecule has 1 amide bonds. The van der Waals surface area contributed by atoms with E-state index in [1.165, 1.54) is 32.1 Å². The normalized spacial score (nSPS) is 37.8. The van der Waals surface area contributed by atoms with Crippen LogP contribution < -0.4 is 5.32 Å². The second-order valence-corrected chi connectivity index (χ2v) is 7.21. The average molecular weight is 278 g/mol. The first-order valence-electron chi connectivity index (χ1n) is 8.79. The number of nitrogens with zero attached hydrogens (tertiary/aromatic N) is 1. The third-order valence-corrected chi connectivity index (χ3v) is 5.93. The summed E-state index contributed by atoms with van der Waals surface area (Å²) in [7, 11) is 0. The monoisotopic (exact) mass is 278 g/mol. The number of hydrogen-bond acceptors (Lipinski definition) is 2. The highest BCUT2D eigenvalue weighted by molar-refractivity contribution is 5.83. The molecule has 3 fully saturated rings. The molecule has 20 heavy (non-hydrogen) atoms. The van der Waals surface area contributed by atoms with Crippen molar-refractivity contribution in [3.8, 4) is 0 Å². The van der Waals surface area contributed by atoms with Crippen LogP contribution in [0.15, 0.2) is 0 Å². The maximum absolute atomic E-state index is 13.3. The van der Waals surface area contributed by atoms with Crippen LogP contribution in [0.5, 0.6) is 0 Å². The molecule has 1 saturated carbocycles. The van der Waals surface area contributed by atoms with Crippen molar-refractivity contribution in [2.45, 2.75) is 70.8 Å². The summed E-state index contributed by atoms with van der Waals surface area (Å²) in [5.74, 6) is 1.30. The van der Waals surface area contributed by atoms with Crippen molar-refractivity contribution in [3.63, 3.8) is 0 Å². The van der Waals surface area contributed by atoms with Gasteiger partial charge in [0.05, 0.1) is 5.41 Å². The van der Waals surface area contributed by atoms with E-state index in [0.29, 0.717) is 11.9 Å². The molecule has 3 rings (SSSR count). The lowest BCUT2D eigenvalue weighted by Gasteiger charge is -2.42. The van der Waals surface area contributed by atoms with Gasteiger partial charge in [-0.2, -0.15) is 0 Å². The van der Waals surface area contributed by atoms with Gasteiger partial charge in [-0.1, -0.05) is 26.2 Å². The van der Waals surface area contributed by atoms with Gasteiger partial charge >= 0.3 is 0 Å². The van der Waals surface area contributed by atoms with Crippen LogP contribution in [0.1, 0.15) is 64.7 Å². The standard InChI is InChI=1S/C17H30N2O/c1-2-9-17(10-5-11-18-13-17)16(20)19-12-8-14-6-3-4-7-15(14)19/h14-15,18H,2-13H2,1H3. The Balaban J connectivity index is 1.75. The van der Waals surface area contributed by atoms with E-state index in [9.17, 15) is 4.79 Å². The van der Waals surface area contributed by atoms with Gasteiger partial charge in [-0.3, -0.25) is 4.79 Å². The number of fused-ring (bicyclic) bond motifs is 1. The smallest absolute Gasteiger partial charge is 0.230 e. The van der Waals surface area contributed by atoms with Gasteiger partial charge in [-0.05, 0) is 51.0 Å². The molecule has 2 heterocycles. The number of carbonyl (C=O) groups is 1. The van der Waals surface area contributed by atoms with Gasteiger partial charge in [-0.25, -0.2) is 0 Å². The minimum atomic E-state index is -0.0840. The molecule has 0 aromatic rings. The fraction of sp³-hybridized carbons (Fsp3) is 0.941. The Labute approximate surface area is 123 Å². The molecule has 114 valence electrons. The molecule has 0 bridgehead atoms. The number of likely N-dealkylation sites (tertiary alicyclic amines) is 1. The highest BCUT2D eigenvalue weighted by Crippen LogP contribution is 2.41. The number of nitrogens with one attached hydrogen (secondary N) is 1. The first-order chi connectivity index (χ1) is 9.77. The lowest BCUT2D eigenvalue weighted by molar-refractivity contribution is -0.145. The summed E-state index contributed by atoms with van der Waals surface area (Å²) < 4.78 is 0. The zero-order valence-corrected chi connectivity index (χ0v) is 13.0. The molecule has 0 aromatic heterocycles. The van der Waals surface area contributed by atoms with Crippen molar-refractivity contribution < 1.29 is 4.79 Å². The van der Waals surface area contributed by atoms with Crippen molar-refractivity contribution >= 4 is 5.91 Å². The van der Waals surface area contributed by atoms with Crippen molar-refractivity contribution in [3.05, 3.63) is 0 Å². The van der Waals surface area contributed by atoms with Gasteiger partial charge in [-0.15, -0.1) is 0 Å². The Hall–Kier alpha value is -0.570. The number of hydrogen-bond donors (Lipinski definition) is 1. The van der Waals surface area contributed by atoms with Crippen LogP contribution in [0.25, 0.3) is 0 Å². The van der Waals surface area contributed by atoms with Crippen LogP contribution in [-0.2, 0) is 4.79 Å². The predicted molar refractivity (Wildman–Crippen MR) is 81.5 cm³/mol. The molecule has 0 spiro atoms. The average Bonchev–Trinajstić information content (AvgIpc) is 2.91. The van der Waals surface area contributed by atoms with E-state index >= 15 is 0 Å². The molecule has 2 aliphatic heterocycles. The highest BCUT2D eigenvalue weighted by atomic mass is 16.2. The molecule has 0 radical (unpaired) electrons. The maximum Gasteiger partial charge on any atom is 0.230 e. The second-order valence-electron chi connectivity index (χ2n) is 7.21. The summed E-state index contributed by atoms with van der Waals surface area (Å²) in [6, 6.07) is 0.576. The van der Waals surface area contributed by atoms with E-state index in [1.54, 1.807) is 0 Å². The quantitative estimate of drug-likeness (QED) is 0.861. The summed E-state index contributed by atoms with van der Waals surface area (Å²) in [5, 5.41) is 3.49. The Morgan fingerprint density at radius 2 is 2.10 bits per heavy atom. The Morgan fingerprint density at radius 3 is 2.85 bits per heavy atom. The maximum atomic E-state index is 13.3. The van der Waals surface area contributed by atoms with Crippen LogP contribution in [0.4, 0.5) is 0 Å². The van der Waals surface area contributed by atoms with Gasteiger partial charge in [0.25, 0.3) is 0 Å². The molecule has 2 saturated heterocycles. The molecule has 3 nitrogen and oxygen atoms in total. The van der Waals surface area contributed by atoms with E-state index in [-0.39, 0.29) is 5.41 Å². The molecule has 3 atom stereocenters. The molecular formula is C17H30N2O. The van der Waals surface area contributed by atoms with Crippen molar-refractivity contribution in [1.29, 1.82) is 0 Å². The van der Waals surface area contributed by atoms with Crippen LogP contribution >= 0.6 is 0 Å². The van der Waals surface area contributed by atoms with Gasteiger partial charge in [0.2, 0.25) is 5.91 Å². The Kier molecular flexibility index (Phi) is 4.34. The summed E-state index contributed by atoms with van der Waals surface area (Å²) in [6.45, 7) is 5.25. The molecule has 3 unspecified atom stereocenters. The fourth-order valence-electron chi connectivity index (χ4n) is 4.91. The van der Waals surface area contributed by atoms with Crippen LogP contribution in [0, 0.1) is 11.3 Å². The van der Waals surface area contributed by atoms with Crippen molar-refractivity contribution in [2.24, 2.45) is 11.3 Å². The number of piperidine rings is 1. The minimum Gasteiger partial charge on any atom is -0.339 e. The van der Waals surface area contributed by atoms with Gasteiger partial charge in [0.1, 0.15) is 0 Å². The first-order valence-corrected chi connectivity index (χ1v) is 8.79. The third-order valence-electron chi connectivity index (χ3n) is 5.93. The highest BCUT2D eigenvalue weighted by Gasteiger charge is 2.46. The molecule has 0 aromatic carbocycles. The SMILES string of the molecule is CCCC1(C(=O)N2CCC3CCCCC32)CCCNC1. The molecule has 1 aliphatic carbocycles. The van der Waals surface area contributed by atoms with Crippen LogP contribution in [0.3, 0.4) is 0 Å². The van der Waals surface area contributed by atoms with E-state index in [4.69, 9.17) is 0 Å². The summed E-state index contributed by atoms with van der Waals surface area (Å²) in [5.41, 5.74) is -0.0840.